The summed E-state index contributed by atoms with van der Waals surface area (Å²) in [7, 11) is 0. The van der Waals surface area contributed by atoms with Crippen molar-refractivity contribution >= 4 is 17.7 Å². The molecule has 1 N–H and O–H groups in total. The van der Waals surface area contributed by atoms with Gasteiger partial charge in [-0.1, -0.05) is 0 Å². The lowest BCUT2D eigenvalue weighted by molar-refractivity contribution is 0.0687. The Labute approximate surface area is 91.1 Å². The van der Waals surface area contributed by atoms with Gasteiger partial charge in [0.15, 0.2) is 5.69 Å². The molecule has 0 unspecified atom stereocenters. The number of aromatic carboxylic acids is 1. The molecule has 1 rings (SSSR count). The molecule has 1 aromatic heterocycles. The SMILES string of the molecule is CSCCCn1nc(C(=O)O)ccc1=O. The second-order valence-electron chi connectivity index (χ2n) is 2.93. The van der Waals surface area contributed by atoms with E-state index in [0.717, 1.165) is 12.2 Å². The molecule has 0 aliphatic carbocycles. The zero-order valence-corrected chi connectivity index (χ0v) is 9.16. The third-order valence-corrected chi connectivity index (χ3v) is 2.50. The number of hydrogen-bond acceptors (Lipinski definition) is 4. The van der Waals surface area contributed by atoms with Crippen molar-refractivity contribution in [2.45, 2.75) is 13.0 Å². The van der Waals surface area contributed by atoms with Gasteiger partial charge in [0.05, 0.1) is 0 Å². The van der Waals surface area contributed by atoms with Crippen LogP contribution >= 0.6 is 11.8 Å². The van der Waals surface area contributed by atoms with Gasteiger partial charge in [-0.2, -0.15) is 16.9 Å². The summed E-state index contributed by atoms with van der Waals surface area (Å²) in [4.78, 5) is 21.9. The summed E-state index contributed by atoms with van der Waals surface area (Å²) in [5.74, 6) is -0.195. The van der Waals surface area contributed by atoms with E-state index in [9.17, 15) is 9.59 Å². The van der Waals surface area contributed by atoms with Crippen molar-refractivity contribution in [1.82, 2.24) is 9.78 Å². The molecule has 0 aromatic carbocycles. The summed E-state index contributed by atoms with van der Waals surface area (Å²) in [5, 5.41) is 12.4. The number of carbonyl (C=O) groups is 1. The van der Waals surface area contributed by atoms with Gasteiger partial charge in [0, 0.05) is 12.6 Å². The van der Waals surface area contributed by atoms with Crippen LogP contribution in [0.3, 0.4) is 0 Å². The van der Waals surface area contributed by atoms with Crippen molar-refractivity contribution in [1.29, 1.82) is 0 Å². The number of carboxylic acids is 1. The summed E-state index contributed by atoms with van der Waals surface area (Å²) in [6, 6.07) is 2.45. The maximum Gasteiger partial charge on any atom is 0.356 e. The molecule has 0 saturated heterocycles. The molecule has 0 fully saturated rings. The minimum Gasteiger partial charge on any atom is -0.476 e. The molecule has 0 radical (unpaired) electrons. The van der Waals surface area contributed by atoms with Crippen molar-refractivity contribution < 1.29 is 9.90 Å². The molecule has 1 aromatic rings. The minimum atomic E-state index is -1.12. The summed E-state index contributed by atoms with van der Waals surface area (Å²) in [6.07, 6.45) is 2.78. The van der Waals surface area contributed by atoms with Gasteiger partial charge in [0.25, 0.3) is 5.56 Å². The Bertz CT molecular complexity index is 403. The highest BCUT2D eigenvalue weighted by Crippen LogP contribution is 1.97. The Morgan fingerprint density at radius 2 is 2.33 bits per heavy atom. The van der Waals surface area contributed by atoms with Gasteiger partial charge in [0.1, 0.15) is 0 Å². The van der Waals surface area contributed by atoms with Crippen molar-refractivity contribution in [3.8, 4) is 0 Å². The van der Waals surface area contributed by atoms with Crippen molar-refractivity contribution in [3.63, 3.8) is 0 Å². The molecule has 0 amide bonds. The van der Waals surface area contributed by atoms with Gasteiger partial charge < -0.3 is 5.11 Å². The number of thioether (sulfide) groups is 1. The standard InChI is InChI=1S/C9H12N2O3S/c1-15-6-2-5-11-8(12)4-3-7(10-11)9(13)14/h3-4H,2,5-6H2,1H3,(H,13,14). The zero-order chi connectivity index (χ0) is 11.3. The summed E-state index contributed by atoms with van der Waals surface area (Å²) in [6.45, 7) is 0.459. The van der Waals surface area contributed by atoms with Gasteiger partial charge in [-0.05, 0) is 24.5 Å². The van der Waals surface area contributed by atoms with Gasteiger partial charge in [-0.25, -0.2) is 9.48 Å². The Balaban J connectivity index is 2.81. The fraction of sp³-hybridized carbons (Fsp3) is 0.444. The van der Waals surface area contributed by atoms with E-state index >= 15 is 0 Å². The Hall–Kier alpha value is -1.30. The molecule has 1 heterocycles. The minimum absolute atomic E-state index is 0.0984. The molecular formula is C9H12N2O3S. The van der Waals surface area contributed by atoms with Gasteiger partial charge in [-0.3, -0.25) is 4.79 Å². The van der Waals surface area contributed by atoms with E-state index in [0.29, 0.717) is 6.54 Å². The number of aromatic nitrogens is 2. The molecule has 0 spiro atoms. The first kappa shape index (κ1) is 11.8. The Morgan fingerprint density at radius 1 is 1.60 bits per heavy atom. The fourth-order valence-electron chi connectivity index (χ4n) is 1.08. The highest BCUT2D eigenvalue weighted by atomic mass is 32.2. The zero-order valence-electron chi connectivity index (χ0n) is 8.34. The third kappa shape index (κ3) is 3.39. The van der Waals surface area contributed by atoms with Crippen LogP contribution in [-0.4, -0.2) is 32.9 Å². The topological polar surface area (TPSA) is 72.2 Å². The second-order valence-corrected chi connectivity index (χ2v) is 3.92. The number of carboxylic acid groups (broad SMARTS) is 1. The first-order valence-electron chi connectivity index (χ1n) is 4.45. The number of hydrogen-bond donors (Lipinski definition) is 1. The molecule has 0 aliphatic heterocycles. The highest BCUT2D eigenvalue weighted by molar-refractivity contribution is 7.98. The van der Waals surface area contributed by atoms with E-state index in [-0.39, 0.29) is 11.3 Å². The second kappa shape index (κ2) is 5.55. The number of rotatable bonds is 5. The predicted octanol–water partition coefficient (Wildman–Crippen LogP) is 0.695. The van der Waals surface area contributed by atoms with Crippen LogP contribution in [0.15, 0.2) is 16.9 Å². The van der Waals surface area contributed by atoms with Crippen molar-refractivity contribution in [2.24, 2.45) is 0 Å². The van der Waals surface area contributed by atoms with Gasteiger partial charge in [0.2, 0.25) is 0 Å². The third-order valence-electron chi connectivity index (χ3n) is 1.80. The van der Waals surface area contributed by atoms with Crippen LogP contribution in [0.25, 0.3) is 0 Å². The van der Waals surface area contributed by atoms with E-state index < -0.39 is 5.97 Å². The fourth-order valence-corrected chi connectivity index (χ4v) is 1.50. The van der Waals surface area contributed by atoms with Crippen LogP contribution < -0.4 is 5.56 Å². The molecule has 6 heteroatoms. The summed E-state index contributed by atoms with van der Waals surface area (Å²) >= 11 is 1.68. The first-order valence-corrected chi connectivity index (χ1v) is 5.85. The summed E-state index contributed by atoms with van der Waals surface area (Å²) in [5.41, 5.74) is -0.361. The number of nitrogens with zero attached hydrogens (tertiary/aromatic N) is 2. The van der Waals surface area contributed by atoms with E-state index in [1.165, 1.54) is 16.8 Å². The van der Waals surface area contributed by atoms with Crippen molar-refractivity contribution in [3.05, 3.63) is 28.2 Å². The molecule has 0 aliphatic rings. The van der Waals surface area contributed by atoms with Crippen LogP contribution in [0.4, 0.5) is 0 Å². The largest absolute Gasteiger partial charge is 0.476 e. The maximum absolute atomic E-state index is 11.3. The smallest absolute Gasteiger partial charge is 0.356 e. The molecule has 5 nitrogen and oxygen atoms in total. The summed E-state index contributed by atoms with van der Waals surface area (Å²) < 4.78 is 1.19. The van der Waals surface area contributed by atoms with E-state index in [2.05, 4.69) is 5.10 Å². The van der Waals surface area contributed by atoms with Crippen LogP contribution in [0, 0.1) is 0 Å². The average Bonchev–Trinajstić information content (AvgIpc) is 2.20. The normalized spacial score (nSPS) is 10.2. The van der Waals surface area contributed by atoms with Crippen LogP contribution in [0.2, 0.25) is 0 Å². The molecule has 82 valence electrons. The Kier molecular flexibility index (Phi) is 4.36. The van der Waals surface area contributed by atoms with Crippen LogP contribution in [-0.2, 0) is 6.54 Å². The van der Waals surface area contributed by atoms with E-state index in [1.54, 1.807) is 11.8 Å². The van der Waals surface area contributed by atoms with E-state index in [4.69, 9.17) is 5.11 Å². The molecule has 0 bridgehead atoms. The molecule has 0 saturated carbocycles. The monoisotopic (exact) mass is 228 g/mol. The lowest BCUT2D eigenvalue weighted by Gasteiger charge is -2.03. The van der Waals surface area contributed by atoms with Crippen LogP contribution in [0.5, 0.6) is 0 Å². The van der Waals surface area contributed by atoms with Crippen molar-refractivity contribution in [2.75, 3.05) is 12.0 Å². The molecule has 15 heavy (non-hydrogen) atoms. The Morgan fingerprint density at radius 3 is 2.93 bits per heavy atom. The maximum atomic E-state index is 11.3. The number of aryl methyl sites for hydroxylation is 1. The predicted molar refractivity (Wildman–Crippen MR) is 58.5 cm³/mol. The van der Waals surface area contributed by atoms with E-state index in [1.807, 2.05) is 6.26 Å². The van der Waals surface area contributed by atoms with Gasteiger partial charge in [-0.15, -0.1) is 0 Å². The lowest BCUT2D eigenvalue weighted by Crippen LogP contribution is -2.24. The highest BCUT2D eigenvalue weighted by Gasteiger charge is 2.06. The van der Waals surface area contributed by atoms with Gasteiger partial charge >= 0.3 is 5.97 Å². The van der Waals surface area contributed by atoms with Crippen LogP contribution in [0.1, 0.15) is 16.9 Å². The lowest BCUT2D eigenvalue weighted by atomic mass is 10.4. The first-order chi connectivity index (χ1) is 7.15. The molecular weight excluding hydrogens is 216 g/mol. The quantitative estimate of drug-likeness (QED) is 0.751. The average molecular weight is 228 g/mol. The molecule has 0 atom stereocenters.